The van der Waals surface area contributed by atoms with Gasteiger partial charge in [0.2, 0.25) is 0 Å². The summed E-state index contributed by atoms with van der Waals surface area (Å²) in [5, 5.41) is 16.0. The van der Waals surface area contributed by atoms with Crippen molar-refractivity contribution in [2.75, 3.05) is 6.16 Å². The van der Waals surface area contributed by atoms with Crippen molar-refractivity contribution in [2.45, 2.75) is 18.7 Å². The van der Waals surface area contributed by atoms with Crippen LogP contribution in [-0.2, 0) is 15.8 Å². The van der Waals surface area contributed by atoms with Crippen LogP contribution in [0.5, 0.6) is 0 Å². The maximum atomic E-state index is 11.6. The number of aliphatic carboxylic acids is 1. The minimum absolute atomic E-state index is 0. The Bertz CT molecular complexity index is 395. The molecule has 2 unspecified atom stereocenters. The van der Waals surface area contributed by atoms with Crippen LogP contribution >= 0.6 is 7.80 Å². The zero-order valence-corrected chi connectivity index (χ0v) is 15.9. The predicted octanol–water partition coefficient (Wildman–Crippen LogP) is 1.09. The Morgan fingerprint density at radius 3 is 2.22 bits per heavy atom. The Balaban J connectivity index is 0. The first-order valence-corrected chi connectivity index (χ1v) is 6.33. The smallest absolute Gasteiger partial charge is 0.387 e. The van der Waals surface area contributed by atoms with Crippen LogP contribution in [0.4, 0.5) is 0 Å². The number of carbonyl (C=O) groups is 1. The van der Waals surface area contributed by atoms with E-state index in [0.717, 1.165) is 12.5 Å². The van der Waals surface area contributed by atoms with Gasteiger partial charge in [0.25, 0.3) is 0 Å². The van der Waals surface area contributed by atoms with Gasteiger partial charge in [-0.3, -0.25) is 0 Å². The van der Waals surface area contributed by atoms with Gasteiger partial charge in [0.1, 0.15) is 0 Å². The molecule has 18 heavy (non-hydrogen) atoms. The van der Waals surface area contributed by atoms with Crippen molar-refractivity contribution >= 4 is 72.9 Å². The molecule has 0 aliphatic rings. The van der Waals surface area contributed by atoms with Crippen molar-refractivity contribution in [3.8, 4) is 0 Å². The summed E-state index contributed by atoms with van der Waals surface area (Å²) in [6.07, 6.45) is 0.665. The predicted molar refractivity (Wildman–Crippen MR) is 72.4 cm³/mol. The van der Waals surface area contributed by atoms with Gasteiger partial charge in [0.05, 0.1) is 0 Å². The number of aliphatic hydroxyl groups is 1. The van der Waals surface area contributed by atoms with E-state index in [4.69, 9.17) is 5.11 Å². The molecule has 1 rings (SSSR count). The minimum atomic E-state index is -2.18. The number of rotatable bonds is 5. The summed E-state index contributed by atoms with van der Waals surface area (Å²) in [6, 6.07) is 9.34. The van der Waals surface area contributed by atoms with Crippen LogP contribution in [-0.4, -0.2) is 86.8 Å². The van der Waals surface area contributed by atoms with E-state index in [0.29, 0.717) is 6.42 Å². The Kier molecular flexibility index (Phi) is 11.3. The maximum absolute atomic E-state index is 11.6. The second kappa shape index (κ2) is 9.62. The standard InChI is InChI=1S/C11H13O4P.2Na/c1-11(14,10(12)13)16(15)8-7-9-5-3-2-4-6-9;;/h2-6,14H,7-8H2,1H3;;/p+1. The van der Waals surface area contributed by atoms with Gasteiger partial charge >= 0.3 is 19.1 Å². The van der Waals surface area contributed by atoms with E-state index in [1.807, 2.05) is 30.3 Å². The second-order valence-electron chi connectivity index (χ2n) is 3.66. The van der Waals surface area contributed by atoms with Gasteiger partial charge in [0.15, 0.2) is 6.16 Å². The first-order valence-electron chi connectivity index (χ1n) is 4.89. The fourth-order valence-electron chi connectivity index (χ4n) is 1.20. The largest absolute Gasteiger partial charge is 0.476 e. The van der Waals surface area contributed by atoms with Crippen molar-refractivity contribution in [3.05, 3.63) is 35.9 Å². The molecule has 7 heteroatoms. The zero-order valence-electron chi connectivity index (χ0n) is 11.0. The summed E-state index contributed by atoms with van der Waals surface area (Å²) in [6.45, 7) is 1.07. The third-order valence-electron chi connectivity index (χ3n) is 2.34. The van der Waals surface area contributed by atoms with Crippen molar-refractivity contribution in [1.29, 1.82) is 0 Å². The molecule has 0 amide bonds. The Morgan fingerprint density at radius 2 is 1.78 bits per heavy atom. The number of benzene rings is 1. The molecule has 0 bridgehead atoms. The molecule has 0 saturated heterocycles. The molecule has 0 saturated carbocycles. The van der Waals surface area contributed by atoms with Crippen LogP contribution in [0.2, 0.25) is 0 Å². The van der Waals surface area contributed by atoms with Gasteiger partial charge in [-0.2, -0.15) is 0 Å². The molecule has 0 aliphatic heterocycles. The zero-order chi connectivity index (χ0) is 12.2. The van der Waals surface area contributed by atoms with Gasteiger partial charge in [0, 0.05) is 72.5 Å². The van der Waals surface area contributed by atoms with Crippen molar-refractivity contribution in [2.24, 2.45) is 0 Å². The average Bonchev–Trinajstić information content (AvgIpc) is 2.27. The first kappa shape index (κ1) is 21.1. The molecule has 0 heterocycles. The maximum Gasteiger partial charge on any atom is 0.387 e. The van der Waals surface area contributed by atoms with Crippen molar-refractivity contribution in [3.63, 3.8) is 0 Å². The Hall–Kier alpha value is 0.750. The van der Waals surface area contributed by atoms with Crippen molar-refractivity contribution < 1.29 is 19.6 Å². The topological polar surface area (TPSA) is 74.6 Å². The molecule has 1 aromatic carbocycles. The van der Waals surface area contributed by atoms with Crippen LogP contribution in [0.25, 0.3) is 0 Å². The number of carboxylic acid groups (broad SMARTS) is 1. The number of hydrogen-bond acceptors (Lipinski definition) is 3. The normalized spacial score (nSPS) is 13.6. The minimum Gasteiger partial charge on any atom is -0.476 e. The summed E-state index contributed by atoms with van der Waals surface area (Å²) in [5.74, 6) is -1.44. The van der Waals surface area contributed by atoms with Gasteiger partial charge in [-0.1, -0.05) is 34.9 Å². The molecule has 0 aliphatic carbocycles. The van der Waals surface area contributed by atoms with E-state index in [-0.39, 0.29) is 65.3 Å². The number of aryl methyl sites for hydroxylation is 1. The summed E-state index contributed by atoms with van der Waals surface area (Å²) in [5.41, 5.74) is 0.979. The van der Waals surface area contributed by atoms with Gasteiger partial charge in [-0.15, -0.1) is 0 Å². The van der Waals surface area contributed by atoms with Crippen LogP contribution in [0.15, 0.2) is 30.3 Å². The molecule has 2 radical (unpaired) electrons. The third kappa shape index (κ3) is 6.27. The molecule has 1 aromatic rings. The summed E-state index contributed by atoms with van der Waals surface area (Å²) >= 11 is 0. The quantitative estimate of drug-likeness (QED) is 0.628. The van der Waals surface area contributed by atoms with E-state index >= 15 is 0 Å². The monoisotopic (exact) mass is 287 g/mol. The summed E-state index contributed by atoms with van der Waals surface area (Å²) < 4.78 is 11.6. The van der Waals surface area contributed by atoms with Gasteiger partial charge in [-0.05, 0) is 5.56 Å². The molecule has 0 spiro atoms. The van der Waals surface area contributed by atoms with E-state index in [2.05, 4.69) is 0 Å². The molecule has 2 N–H and O–H groups in total. The molecule has 4 nitrogen and oxygen atoms in total. The number of carboxylic acids is 1. The van der Waals surface area contributed by atoms with E-state index < -0.39 is 19.1 Å². The van der Waals surface area contributed by atoms with Crippen LogP contribution in [0.1, 0.15) is 12.5 Å². The molecule has 88 valence electrons. The second-order valence-corrected chi connectivity index (χ2v) is 5.74. The molecule has 0 fully saturated rings. The molecular weight excluding hydrogens is 273 g/mol. The summed E-state index contributed by atoms with van der Waals surface area (Å²) in [7, 11) is -2.18. The van der Waals surface area contributed by atoms with E-state index in [9.17, 15) is 14.5 Å². The van der Waals surface area contributed by atoms with Crippen LogP contribution in [0.3, 0.4) is 0 Å². The molecule has 0 aromatic heterocycles. The third-order valence-corrected chi connectivity index (χ3v) is 4.13. The fourth-order valence-corrected chi connectivity index (χ4v) is 2.31. The Morgan fingerprint density at radius 1 is 1.28 bits per heavy atom. The first-order chi connectivity index (χ1) is 7.44. The molecule has 2 atom stereocenters. The summed E-state index contributed by atoms with van der Waals surface area (Å²) in [4.78, 5) is 10.6. The van der Waals surface area contributed by atoms with Gasteiger partial charge in [-0.25, -0.2) is 4.79 Å². The molecular formula is C11H14Na2O4P+. The van der Waals surface area contributed by atoms with Crippen LogP contribution < -0.4 is 0 Å². The van der Waals surface area contributed by atoms with Crippen molar-refractivity contribution in [1.82, 2.24) is 0 Å². The number of hydrogen-bond donors (Lipinski definition) is 2. The fraction of sp³-hybridized carbons (Fsp3) is 0.364. The van der Waals surface area contributed by atoms with Crippen LogP contribution in [0, 0.1) is 0 Å². The Labute approximate surface area is 152 Å². The van der Waals surface area contributed by atoms with Gasteiger partial charge < -0.3 is 10.2 Å². The van der Waals surface area contributed by atoms with E-state index in [1.165, 1.54) is 0 Å². The SMILES string of the molecule is CC(O)(C(=O)O)[P+](=O)CCc1ccccc1.[Na].[Na]. The van der Waals surface area contributed by atoms with E-state index in [1.54, 1.807) is 0 Å². The average molecular weight is 287 g/mol.